The molecule has 3 N–H and O–H groups in total. The number of anilines is 3. The maximum atomic E-state index is 12.0. The highest BCUT2D eigenvalue weighted by molar-refractivity contribution is 5.61. The minimum Gasteiger partial charge on any atom is -0.479 e. The molecule has 1 heterocycles. The second kappa shape index (κ2) is 5.78. The molecule has 2 aromatic rings. The summed E-state index contributed by atoms with van der Waals surface area (Å²) in [7, 11) is 1.44. The normalized spacial score (nSPS) is 11.0. The van der Waals surface area contributed by atoms with Crippen molar-refractivity contribution in [2.45, 2.75) is 6.36 Å². The van der Waals surface area contributed by atoms with Gasteiger partial charge in [-0.25, -0.2) is 0 Å². The van der Waals surface area contributed by atoms with E-state index in [1.807, 2.05) is 0 Å². The largest absolute Gasteiger partial charge is 0.573 e. The van der Waals surface area contributed by atoms with Crippen LogP contribution in [0.15, 0.2) is 36.4 Å². The van der Waals surface area contributed by atoms with Crippen LogP contribution in [0.3, 0.4) is 0 Å². The molecule has 0 spiro atoms. The number of aromatic nitrogens is 1. The summed E-state index contributed by atoms with van der Waals surface area (Å²) in [5, 5.41) is 2.91. The van der Waals surface area contributed by atoms with Gasteiger partial charge in [0.15, 0.2) is 0 Å². The average Bonchev–Trinajstić information content (AvgIpc) is 2.41. The summed E-state index contributed by atoms with van der Waals surface area (Å²) < 4.78 is 44.9. The van der Waals surface area contributed by atoms with Gasteiger partial charge in [-0.05, 0) is 36.4 Å². The SMILES string of the molecule is COc1nc(Nc2ccc(OC(F)(F)F)cc2)ccc1N. The van der Waals surface area contributed by atoms with E-state index in [1.165, 1.54) is 31.4 Å². The van der Waals surface area contributed by atoms with Crippen molar-refractivity contribution in [1.82, 2.24) is 4.98 Å². The predicted molar refractivity (Wildman–Crippen MR) is 71.6 cm³/mol. The minimum absolute atomic E-state index is 0.261. The number of halogens is 3. The van der Waals surface area contributed by atoms with Crippen molar-refractivity contribution in [3.05, 3.63) is 36.4 Å². The summed E-state index contributed by atoms with van der Waals surface area (Å²) in [5.74, 6) is 0.415. The van der Waals surface area contributed by atoms with Crippen molar-refractivity contribution in [3.8, 4) is 11.6 Å². The fourth-order valence-electron chi connectivity index (χ4n) is 1.57. The zero-order valence-electron chi connectivity index (χ0n) is 10.9. The van der Waals surface area contributed by atoms with E-state index >= 15 is 0 Å². The third kappa shape index (κ3) is 4.16. The van der Waals surface area contributed by atoms with E-state index in [0.717, 1.165) is 0 Å². The number of hydrogen-bond acceptors (Lipinski definition) is 5. The number of pyridine rings is 1. The standard InChI is InChI=1S/C13H12F3N3O2/c1-20-12-10(17)6-7-11(19-12)18-8-2-4-9(5-3-8)21-13(14,15)16/h2-7H,17H2,1H3,(H,18,19). The molecule has 0 saturated carbocycles. The van der Waals surface area contributed by atoms with Gasteiger partial charge in [0.1, 0.15) is 11.6 Å². The van der Waals surface area contributed by atoms with Gasteiger partial charge in [0.25, 0.3) is 0 Å². The molecule has 0 aliphatic heterocycles. The van der Waals surface area contributed by atoms with Crippen LogP contribution in [-0.2, 0) is 0 Å². The van der Waals surface area contributed by atoms with Crippen LogP contribution in [0, 0.1) is 0 Å². The molecule has 8 heteroatoms. The predicted octanol–water partition coefficient (Wildman–Crippen LogP) is 3.31. The maximum absolute atomic E-state index is 12.0. The number of nitrogen functional groups attached to an aromatic ring is 1. The highest BCUT2D eigenvalue weighted by Gasteiger charge is 2.30. The van der Waals surface area contributed by atoms with E-state index in [4.69, 9.17) is 10.5 Å². The smallest absolute Gasteiger partial charge is 0.479 e. The zero-order chi connectivity index (χ0) is 15.5. The monoisotopic (exact) mass is 299 g/mol. The second-order valence-electron chi connectivity index (χ2n) is 3.99. The van der Waals surface area contributed by atoms with Crippen molar-refractivity contribution >= 4 is 17.2 Å². The van der Waals surface area contributed by atoms with Crippen LogP contribution in [0.5, 0.6) is 11.6 Å². The lowest BCUT2D eigenvalue weighted by Gasteiger charge is -2.11. The molecule has 5 nitrogen and oxygen atoms in total. The van der Waals surface area contributed by atoms with Gasteiger partial charge >= 0.3 is 6.36 Å². The topological polar surface area (TPSA) is 69.4 Å². The van der Waals surface area contributed by atoms with E-state index in [2.05, 4.69) is 15.0 Å². The molecule has 0 fully saturated rings. The third-order valence-corrected chi connectivity index (χ3v) is 2.44. The molecule has 21 heavy (non-hydrogen) atoms. The molecule has 1 aromatic heterocycles. The van der Waals surface area contributed by atoms with Crippen LogP contribution in [0.4, 0.5) is 30.4 Å². The molecule has 0 aliphatic rings. The second-order valence-corrected chi connectivity index (χ2v) is 3.99. The highest BCUT2D eigenvalue weighted by atomic mass is 19.4. The first-order valence-corrected chi connectivity index (χ1v) is 5.81. The van der Waals surface area contributed by atoms with Crippen LogP contribution in [0.1, 0.15) is 0 Å². The lowest BCUT2D eigenvalue weighted by molar-refractivity contribution is -0.274. The number of nitrogens with one attached hydrogen (secondary N) is 1. The van der Waals surface area contributed by atoms with Gasteiger partial charge in [-0.3, -0.25) is 0 Å². The number of ether oxygens (including phenoxy) is 2. The molecular formula is C13H12F3N3O2. The van der Waals surface area contributed by atoms with Crippen LogP contribution in [0.2, 0.25) is 0 Å². The van der Waals surface area contributed by atoms with E-state index in [-0.39, 0.29) is 11.6 Å². The molecule has 0 aliphatic carbocycles. The van der Waals surface area contributed by atoms with Gasteiger partial charge in [-0.2, -0.15) is 4.98 Å². The average molecular weight is 299 g/mol. The number of alkyl halides is 3. The molecule has 0 unspecified atom stereocenters. The summed E-state index contributed by atoms with van der Waals surface area (Å²) in [6, 6.07) is 8.50. The Hall–Kier alpha value is -2.64. The van der Waals surface area contributed by atoms with Gasteiger partial charge in [0.05, 0.1) is 12.8 Å². The highest BCUT2D eigenvalue weighted by Crippen LogP contribution is 2.26. The Balaban J connectivity index is 2.10. The summed E-state index contributed by atoms with van der Waals surface area (Å²) >= 11 is 0. The van der Waals surface area contributed by atoms with Crippen molar-refractivity contribution in [2.24, 2.45) is 0 Å². The molecule has 0 radical (unpaired) electrons. The van der Waals surface area contributed by atoms with Gasteiger partial charge < -0.3 is 20.5 Å². The van der Waals surface area contributed by atoms with E-state index in [0.29, 0.717) is 17.2 Å². The maximum Gasteiger partial charge on any atom is 0.573 e. The number of methoxy groups -OCH3 is 1. The summed E-state index contributed by atoms with van der Waals surface area (Å²) in [5.41, 5.74) is 6.56. The summed E-state index contributed by atoms with van der Waals surface area (Å²) in [6.45, 7) is 0. The first-order chi connectivity index (χ1) is 9.87. The van der Waals surface area contributed by atoms with Crippen molar-refractivity contribution in [2.75, 3.05) is 18.2 Å². The number of nitrogens with zero attached hydrogens (tertiary/aromatic N) is 1. The molecule has 2 rings (SSSR count). The molecule has 0 bridgehead atoms. The minimum atomic E-state index is -4.71. The number of hydrogen-bond donors (Lipinski definition) is 2. The number of rotatable bonds is 4. The van der Waals surface area contributed by atoms with Crippen molar-refractivity contribution in [3.63, 3.8) is 0 Å². The Bertz CT molecular complexity index is 615. The van der Waals surface area contributed by atoms with Crippen LogP contribution < -0.4 is 20.5 Å². The van der Waals surface area contributed by atoms with Crippen LogP contribution in [-0.4, -0.2) is 18.5 Å². The van der Waals surface area contributed by atoms with E-state index < -0.39 is 6.36 Å². The zero-order valence-corrected chi connectivity index (χ0v) is 10.9. The Morgan fingerprint density at radius 3 is 2.33 bits per heavy atom. The van der Waals surface area contributed by atoms with Gasteiger partial charge in [-0.1, -0.05) is 0 Å². The van der Waals surface area contributed by atoms with Crippen LogP contribution in [0.25, 0.3) is 0 Å². The molecular weight excluding hydrogens is 287 g/mol. The summed E-state index contributed by atoms with van der Waals surface area (Å²) in [6.07, 6.45) is -4.71. The fourth-order valence-corrected chi connectivity index (χ4v) is 1.57. The Morgan fingerprint density at radius 2 is 1.76 bits per heavy atom. The Kier molecular flexibility index (Phi) is 4.06. The number of benzene rings is 1. The van der Waals surface area contributed by atoms with Gasteiger partial charge in [0.2, 0.25) is 5.88 Å². The molecule has 0 atom stereocenters. The lowest BCUT2D eigenvalue weighted by Crippen LogP contribution is -2.16. The van der Waals surface area contributed by atoms with Crippen molar-refractivity contribution < 1.29 is 22.6 Å². The van der Waals surface area contributed by atoms with Crippen molar-refractivity contribution in [1.29, 1.82) is 0 Å². The Morgan fingerprint density at radius 1 is 1.10 bits per heavy atom. The quantitative estimate of drug-likeness (QED) is 0.906. The van der Waals surface area contributed by atoms with Gasteiger partial charge in [0, 0.05) is 5.69 Å². The van der Waals surface area contributed by atoms with E-state index in [1.54, 1.807) is 12.1 Å². The molecule has 1 aromatic carbocycles. The van der Waals surface area contributed by atoms with Crippen LogP contribution >= 0.6 is 0 Å². The lowest BCUT2D eigenvalue weighted by atomic mass is 10.3. The fraction of sp³-hybridized carbons (Fsp3) is 0.154. The molecule has 112 valence electrons. The van der Waals surface area contributed by atoms with E-state index in [9.17, 15) is 13.2 Å². The van der Waals surface area contributed by atoms with Gasteiger partial charge in [-0.15, -0.1) is 13.2 Å². The Labute approximate surface area is 118 Å². The first kappa shape index (κ1) is 14.8. The first-order valence-electron chi connectivity index (χ1n) is 5.81. The summed E-state index contributed by atoms with van der Waals surface area (Å²) in [4.78, 5) is 4.10. The number of nitrogens with two attached hydrogens (primary N) is 1. The molecule has 0 amide bonds. The third-order valence-electron chi connectivity index (χ3n) is 2.44. The molecule has 0 saturated heterocycles.